The van der Waals surface area contributed by atoms with Crippen LogP contribution in [0.1, 0.15) is 15.9 Å². The monoisotopic (exact) mass is 319 g/mol. The van der Waals surface area contributed by atoms with Crippen LogP contribution in [0.2, 0.25) is 0 Å². The van der Waals surface area contributed by atoms with Gasteiger partial charge in [0.15, 0.2) is 0 Å². The van der Waals surface area contributed by atoms with E-state index in [4.69, 9.17) is 0 Å². The Kier molecular flexibility index (Phi) is 4.58. The lowest BCUT2D eigenvalue weighted by Crippen LogP contribution is -2.25. The van der Waals surface area contributed by atoms with Gasteiger partial charge in [0.2, 0.25) is 0 Å². The molecule has 4 heteroatoms. The van der Waals surface area contributed by atoms with Gasteiger partial charge < -0.3 is 10.4 Å². The van der Waals surface area contributed by atoms with Crippen molar-refractivity contribution in [2.24, 2.45) is 0 Å². The summed E-state index contributed by atoms with van der Waals surface area (Å²) in [5, 5.41) is 12.5. The first kappa shape index (κ1) is 13.6. The largest absolute Gasteiger partial charge is 0.507 e. The van der Waals surface area contributed by atoms with Crippen molar-refractivity contribution in [2.75, 3.05) is 6.54 Å². The maximum absolute atomic E-state index is 11.9. The Labute approximate surface area is 120 Å². The van der Waals surface area contributed by atoms with Gasteiger partial charge in [-0.1, -0.05) is 46.3 Å². The second kappa shape index (κ2) is 6.38. The first-order valence-corrected chi connectivity index (χ1v) is 6.77. The number of amides is 1. The third kappa shape index (κ3) is 3.83. The Morgan fingerprint density at radius 3 is 2.58 bits per heavy atom. The number of aromatic hydroxyl groups is 1. The molecule has 0 atom stereocenters. The fourth-order valence-electron chi connectivity index (χ4n) is 1.76. The van der Waals surface area contributed by atoms with Crippen molar-refractivity contribution < 1.29 is 9.90 Å². The smallest absolute Gasteiger partial charge is 0.255 e. The summed E-state index contributed by atoms with van der Waals surface area (Å²) in [4.78, 5) is 11.9. The molecule has 2 rings (SSSR count). The zero-order valence-corrected chi connectivity index (χ0v) is 11.9. The van der Waals surface area contributed by atoms with Crippen LogP contribution in [-0.2, 0) is 6.42 Å². The number of benzene rings is 2. The van der Waals surface area contributed by atoms with Crippen molar-refractivity contribution >= 4 is 21.8 Å². The molecule has 19 heavy (non-hydrogen) atoms. The predicted octanol–water partition coefficient (Wildman–Crippen LogP) is 3.13. The van der Waals surface area contributed by atoms with Gasteiger partial charge in [0, 0.05) is 11.0 Å². The summed E-state index contributed by atoms with van der Waals surface area (Å²) in [5.74, 6) is -0.285. The van der Waals surface area contributed by atoms with Crippen molar-refractivity contribution in [3.63, 3.8) is 0 Å². The highest BCUT2D eigenvalue weighted by atomic mass is 79.9. The minimum Gasteiger partial charge on any atom is -0.507 e. The number of nitrogens with one attached hydrogen (secondary N) is 1. The van der Waals surface area contributed by atoms with E-state index in [1.807, 2.05) is 30.3 Å². The molecule has 0 fully saturated rings. The van der Waals surface area contributed by atoms with E-state index in [1.165, 1.54) is 11.6 Å². The topological polar surface area (TPSA) is 49.3 Å². The van der Waals surface area contributed by atoms with Gasteiger partial charge in [0.25, 0.3) is 5.91 Å². The van der Waals surface area contributed by atoms with Gasteiger partial charge in [0.1, 0.15) is 5.75 Å². The second-order valence-corrected chi connectivity index (χ2v) is 5.07. The summed E-state index contributed by atoms with van der Waals surface area (Å²) >= 11 is 3.24. The molecule has 2 N–H and O–H groups in total. The Hall–Kier alpha value is -1.81. The Morgan fingerprint density at radius 1 is 1.16 bits per heavy atom. The van der Waals surface area contributed by atoms with E-state index in [1.54, 1.807) is 12.1 Å². The third-order valence-corrected chi connectivity index (χ3v) is 3.24. The van der Waals surface area contributed by atoms with E-state index in [9.17, 15) is 9.90 Å². The number of carbonyl (C=O) groups is 1. The molecule has 0 radical (unpaired) electrons. The van der Waals surface area contributed by atoms with Crippen LogP contribution in [0.3, 0.4) is 0 Å². The van der Waals surface area contributed by atoms with Crippen molar-refractivity contribution in [3.05, 3.63) is 64.1 Å². The summed E-state index contributed by atoms with van der Waals surface area (Å²) in [5.41, 5.74) is 1.46. The summed E-state index contributed by atoms with van der Waals surface area (Å²) in [6.45, 7) is 0.540. The van der Waals surface area contributed by atoms with Crippen LogP contribution in [-0.4, -0.2) is 17.6 Å². The lowest BCUT2D eigenvalue weighted by molar-refractivity contribution is 0.0951. The molecule has 0 heterocycles. The molecule has 0 aliphatic rings. The van der Waals surface area contributed by atoms with E-state index < -0.39 is 0 Å². The Morgan fingerprint density at radius 2 is 1.89 bits per heavy atom. The van der Waals surface area contributed by atoms with Crippen LogP contribution in [0.25, 0.3) is 0 Å². The Balaban J connectivity index is 1.91. The number of halogens is 1. The fourth-order valence-corrected chi connectivity index (χ4v) is 2.11. The van der Waals surface area contributed by atoms with E-state index in [0.717, 1.165) is 10.9 Å². The summed E-state index contributed by atoms with van der Waals surface area (Å²) in [6.07, 6.45) is 0.768. The van der Waals surface area contributed by atoms with Crippen molar-refractivity contribution in [2.45, 2.75) is 6.42 Å². The molecular weight excluding hydrogens is 306 g/mol. The average molecular weight is 320 g/mol. The van der Waals surface area contributed by atoms with Crippen molar-refractivity contribution in [3.8, 4) is 5.75 Å². The van der Waals surface area contributed by atoms with E-state index in [2.05, 4.69) is 21.2 Å². The molecule has 0 aliphatic heterocycles. The normalized spacial score (nSPS) is 10.2. The lowest BCUT2D eigenvalue weighted by Gasteiger charge is -2.07. The molecule has 2 aromatic carbocycles. The zero-order valence-electron chi connectivity index (χ0n) is 10.3. The minimum absolute atomic E-state index is 0.0217. The second-order valence-electron chi connectivity index (χ2n) is 4.15. The van der Waals surface area contributed by atoms with Gasteiger partial charge >= 0.3 is 0 Å². The number of carbonyl (C=O) groups excluding carboxylic acids is 1. The predicted molar refractivity (Wildman–Crippen MR) is 78.3 cm³/mol. The molecule has 2 aromatic rings. The van der Waals surface area contributed by atoms with Crippen LogP contribution in [0.4, 0.5) is 0 Å². The van der Waals surface area contributed by atoms with Gasteiger partial charge in [-0.25, -0.2) is 0 Å². The standard InChI is InChI=1S/C15H14BrNO2/c16-12-6-7-13(14(18)10-12)15(19)17-9-8-11-4-2-1-3-5-11/h1-7,10,18H,8-9H2,(H,17,19). The summed E-state index contributed by atoms with van der Waals surface area (Å²) in [6, 6.07) is 14.8. The van der Waals surface area contributed by atoms with Gasteiger partial charge in [-0.3, -0.25) is 4.79 Å². The highest BCUT2D eigenvalue weighted by molar-refractivity contribution is 9.10. The highest BCUT2D eigenvalue weighted by Crippen LogP contribution is 2.21. The summed E-state index contributed by atoms with van der Waals surface area (Å²) < 4.78 is 0.742. The molecule has 0 aliphatic carbocycles. The third-order valence-electron chi connectivity index (χ3n) is 2.75. The van der Waals surface area contributed by atoms with Crippen LogP contribution in [0, 0.1) is 0 Å². The number of hydrogen-bond acceptors (Lipinski definition) is 2. The molecule has 0 bridgehead atoms. The number of hydrogen-bond donors (Lipinski definition) is 2. The lowest BCUT2D eigenvalue weighted by atomic mass is 10.1. The first-order valence-electron chi connectivity index (χ1n) is 5.97. The molecule has 0 aromatic heterocycles. The quantitative estimate of drug-likeness (QED) is 0.909. The molecule has 1 amide bonds. The zero-order chi connectivity index (χ0) is 13.7. The van der Waals surface area contributed by atoms with Gasteiger partial charge in [-0.15, -0.1) is 0 Å². The average Bonchev–Trinajstić information content (AvgIpc) is 2.39. The van der Waals surface area contributed by atoms with Crippen LogP contribution in [0.5, 0.6) is 5.75 Å². The number of phenolic OH excluding ortho intramolecular Hbond substituents is 1. The molecule has 0 saturated heterocycles. The number of phenols is 1. The van der Waals surface area contributed by atoms with Gasteiger partial charge in [0.05, 0.1) is 5.56 Å². The summed E-state index contributed by atoms with van der Waals surface area (Å²) in [7, 11) is 0. The molecule has 3 nitrogen and oxygen atoms in total. The van der Waals surface area contributed by atoms with Crippen LogP contribution < -0.4 is 5.32 Å². The van der Waals surface area contributed by atoms with Gasteiger partial charge in [-0.05, 0) is 30.2 Å². The van der Waals surface area contributed by atoms with Crippen molar-refractivity contribution in [1.82, 2.24) is 5.32 Å². The Bertz CT molecular complexity index is 570. The van der Waals surface area contributed by atoms with Gasteiger partial charge in [-0.2, -0.15) is 0 Å². The molecular formula is C15H14BrNO2. The first-order chi connectivity index (χ1) is 9.16. The fraction of sp³-hybridized carbons (Fsp3) is 0.133. The van der Waals surface area contributed by atoms with E-state index >= 15 is 0 Å². The maximum Gasteiger partial charge on any atom is 0.255 e. The highest BCUT2D eigenvalue weighted by Gasteiger charge is 2.10. The minimum atomic E-state index is -0.263. The molecule has 0 unspecified atom stereocenters. The molecule has 98 valence electrons. The van der Waals surface area contributed by atoms with E-state index in [0.29, 0.717) is 6.54 Å². The SMILES string of the molecule is O=C(NCCc1ccccc1)c1ccc(Br)cc1O. The van der Waals surface area contributed by atoms with Crippen LogP contribution in [0.15, 0.2) is 53.0 Å². The van der Waals surface area contributed by atoms with Crippen molar-refractivity contribution in [1.29, 1.82) is 0 Å². The van der Waals surface area contributed by atoms with Crippen LogP contribution >= 0.6 is 15.9 Å². The molecule has 0 saturated carbocycles. The molecule has 0 spiro atoms. The van der Waals surface area contributed by atoms with E-state index in [-0.39, 0.29) is 17.2 Å². The maximum atomic E-state index is 11.9. The number of rotatable bonds is 4.